The van der Waals surface area contributed by atoms with Gasteiger partial charge >= 0.3 is 0 Å². The number of benzene rings is 2. The van der Waals surface area contributed by atoms with Crippen LogP contribution in [0, 0.1) is 11.3 Å². The lowest BCUT2D eigenvalue weighted by atomic mass is 10.0. The van der Waals surface area contributed by atoms with Crippen LogP contribution in [-0.4, -0.2) is 47.8 Å². The standard InChI is InChI=1S/C24H22N4O3/c1-15-13-28(14-16(2)31-15)24(30)20(12-25)21-18-10-6-7-11-19(18)22(26-21)27-23(29)17-8-4-3-5-9-17/h3-11,15-16H,13-14H2,1-2H3,(H,26,27,29). The van der Waals surface area contributed by atoms with E-state index in [-0.39, 0.29) is 35.3 Å². The number of amides is 2. The summed E-state index contributed by atoms with van der Waals surface area (Å²) < 4.78 is 5.70. The molecule has 31 heavy (non-hydrogen) atoms. The second-order valence-electron chi connectivity index (χ2n) is 7.63. The molecule has 4 rings (SSSR count). The summed E-state index contributed by atoms with van der Waals surface area (Å²) in [6.45, 7) is 4.61. The molecular weight excluding hydrogens is 392 g/mol. The van der Waals surface area contributed by atoms with Crippen molar-refractivity contribution >= 4 is 23.3 Å². The summed E-state index contributed by atoms with van der Waals surface area (Å²) in [5, 5.41) is 12.7. The molecule has 0 saturated carbocycles. The Bertz CT molecular complexity index is 1120. The second kappa shape index (κ2) is 8.54. The number of rotatable bonds is 2. The molecule has 2 amide bonds. The minimum absolute atomic E-state index is 0.0438. The van der Waals surface area contributed by atoms with Crippen LogP contribution in [0.15, 0.2) is 65.2 Å². The Morgan fingerprint density at radius 1 is 1.03 bits per heavy atom. The molecule has 7 nitrogen and oxygen atoms in total. The van der Waals surface area contributed by atoms with Gasteiger partial charge in [0.15, 0.2) is 0 Å². The molecule has 0 aromatic heterocycles. The largest absolute Gasteiger partial charge is 0.372 e. The first-order chi connectivity index (χ1) is 15.0. The van der Waals surface area contributed by atoms with Gasteiger partial charge in [0.05, 0.1) is 17.9 Å². The first-order valence-electron chi connectivity index (χ1n) is 10.1. The van der Waals surface area contributed by atoms with E-state index in [1.165, 1.54) is 0 Å². The van der Waals surface area contributed by atoms with Crippen LogP contribution in [0.25, 0.3) is 5.70 Å². The number of nitrogens with zero attached hydrogens (tertiary/aromatic N) is 3. The highest BCUT2D eigenvalue weighted by molar-refractivity contribution is 6.20. The molecule has 1 saturated heterocycles. The number of aliphatic imine (C=N–C) groups is 1. The normalized spacial score (nSPS) is 21.6. The number of hydrogen-bond donors (Lipinski definition) is 1. The quantitative estimate of drug-likeness (QED) is 0.604. The first kappa shape index (κ1) is 20.5. The molecule has 2 aliphatic heterocycles. The lowest BCUT2D eigenvalue weighted by molar-refractivity contribution is -0.138. The van der Waals surface area contributed by atoms with Gasteiger partial charge in [0.1, 0.15) is 17.5 Å². The van der Waals surface area contributed by atoms with E-state index in [9.17, 15) is 14.9 Å². The van der Waals surface area contributed by atoms with Gasteiger partial charge in [0.25, 0.3) is 11.8 Å². The van der Waals surface area contributed by atoms with E-state index in [0.717, 1.165) is 0 Å². The molecule has 2 aromatic carbocycles. The van der Waals surface area contributed by atoms with Gasteiger partial charge in [0.2, 0.25) is 0 Å². The van der Waals surface area contributed by atoms with Crippen molar-refractivity contribution < 1.29 is 14.3 Å². The molecule has 0 spiro atoms. The van der Waals surface area contributed by atoms with Crippen molar-refractivity contribution in [3.8, 4) is 6.07 Å². The van der Waals surface area contributed by atoms with E-state index in [4.69, 9.17) is 4.74 Å². The van der Waals surface area contributed by atoms with Crippen LogP contribution in [-0.2, 0) is 9.53 Å². The highest BCUT2D eigenvalue weighted by atomic mass is 16.5. The number of carbonyl (C=O) groups excluding carboxylic acids is 2. The number of morpholine rings is 1. The molecule has 2 heterocycles. The lowest BCUT2D eigenvalue weighted by Crippen LogP contribution is -2.48. The van der Waals surface area contributed by atoms with Gasteiger partial charge in [-0.1, -0.05) is 42.5 Å². The molecule has 2 atom stereocenters. The van der Waals surface area contributed by atoms with Crippen molar-refractivity contribution in [2.24, 2.45) is 4.99 Å². The maximum atomic E-state index is 13.2. The van der Waals surface area contributed by atoms with Gasteiger partial charge in [-0.25, -0.2) is 4.99 Å². The van der Waals surface area contributed by atoms with Gasteiger partial charge < -0.3 is 15.0 Å². The first-order valence-corrected chi connectivity index (χ1v) is 10.1. The zero-order chi connectivity index (χ0) is 22.0. The van der Waals surface area contributed by atoms with Gasteiger partial charge in [-0.15, -0.1) is 0 Å². The maximum absolute atomic E-state index is 13.2. The van der Waals surface area contributed by atoms with Gasteiger partial charge in [-0.05, 0) is 26.0 Å². The summed E-state index contributed by atoms with van der Waals surface area (Å²) in [6, 6.07) is 18.1. The molecule has 0 aliphatic carbocycles. The van der Waals surface area contributed by atoms with Crippen LogP contribution in [0.2, 0.25) is 0 Å². The van der Waals surface area contributed by atoms with E-state index in [1.807, 2.05) is 44.2 Å². The molecule has 0 radical (unpaired) electrons. The maximum Gasteiger partial charge on any atom is 0.266 e. The average Bonchev–Trinajstić information content (AvgIpc) is 3.12. The van der Waals surface area contributed by atoms with Crippen molar-refractivity contribution in [1.82, 2.24) is 10.2 Å². The van der Waals surface area contributed by atoms with Crippen molar-refractivity contribution in [3.05, 3.63) is 76.9 Å². The Labute approximate surface area is 180 Å². The third-order valence-electron chi connectivity index (χ3n) is 5.20. The van der Waals surface area contributed by atoms with E-state index in [1.54, 1.807) is 35.2 Å². The summed E-state index contributed by atoms with van der Waals surface area (Å²) in [5.41, 5.74) is 2.04. The molecule has 2 unspecified atom stereocenters. The molecule has 1 fully saturated rings. The van der Waals surface area contributed by atoms with E-state index in [0.29, 0.717) is 35.6 Å². The minimum atomic E-state index is -0.381. The Balaban J connectivity index is 1.70. The molecule has 1 N–H and O–H groups in total. The predicted molar refractivity (Wildman–Crippen MR) is 116 cm³/mol. The Morgan fingerprint density at radius 2 is 1.65 bits per heavy atom. The number of carbonyl (C=O) groups is 2. The number of amidine groups is 1. The van der Waals surface area contributed by atoms with E-state index in [2.05, 4.69) is 10.3 Å². The third-order valence-corrected chi connectivity index (χ3v) is 5.20. The van der Waals surface area contributed by atoms with Gasteiger partial charge in [0, 0.05) is 29.8 Å². The summed E-state index contributed by atoms with van der Waals surface area (Å²) >= 11 is 0. The lowest BCUT2D eigenvalue weighted by Gasteiger charge is -2.35. The fourth-order valence-corrected chi connectivity index (χ4v) is 3.89. The smallest absolute Gasteiger partial charge is 0.266 e. The zero-order valence-electron chi connectivity index (χ0n) is 17.3. The number of nitrogens with one attached hydrogen (secondary N) is 1. The molecular formula is C24H22N4O3. The van der Waals surface area contributed by atoms with Crippen molar-refractivity contribution in [3.63, 3.8) is 0 Å². The number of fused-ring (bicyclic) bond motifs is 1. The van der Waals surface area contributed by atoms with E-state index >= 15 is 0 Å². The predicted octanol–water partition coefficient (Wildman–Crippen LogP) is 2.75. The highest BCUT2D eigenvalue weighted by Gasteiger charge is 2.32. The van der Waals surface area contributed by atoms with Crippen LogP contribution in [0.5, 0.6) is 0 Å². The Kier molecular flexibility index (Phi) is 5.65. The topological polar surface area (TPSA) is 94.8 Å². The van der Waals surface area contributed by atoms with Gasteiger partial charge in [-0.3, -0.25) is 9.59 Å². The van der Waals surface area contributed by atoms with Crippen LogP contribution in [0.1, 0.15) is 35.3 Å². The molecule has 0 bridgehead atoms. The second-order valence-corrected chi connectivity index (χ2v) is 7.63. The minimum Gasteiger partial charge on any atom is -0.372 e. The zero-order valence-corrected chi connectivity index (χ0v) is 17.3. The Hall–Kier alpha value is -3.76. The van der Waals surface area contributed by atoms with E-state index < -0.39 is 0 Å². The van der Waals surface area contributed by atoms with Crippen molar-refractivity contribution in [2.75, 3.05) is 13.1 Å². The summed E-state index contributed by atoms with van der Waals surface area (Å²) in [5.74, 6) is -0.367. The highest BCUT2D eigenvalue weighted by Crippen LogP contribution is 2.31. The van der Waals surface area contributed by atoms with Crippen LogP contribution < -0.4 is 5.32 Å². The van der Waals surface area contributed by atoms with Crippen LogP contribution in [0.3, 0.4) is 0 Å². The fraction of sp³-hybridized carbons (Fsp3) is 0.250. The number of hydrogen-bond acceptors (Lipinski definition) is 5. The SMILES string of the molecule is CC1CN(C(=O)C(C#N)=C2N=C(NC(=O)c3ccccc3)c3ccccc32)CC(C)O1. The van der Waals surface area contributed by atoms with Crippen LogP contribution in [0.4, 0.5) is 0 Å². The number of ether oxygens (including phenoxy) is 1. The number of nitriles is 1. The molecule has 156 valence electrons. The van der Waals surface area contributed by atoms with Crippen molar-refractivity contribution in [1.29, 1.82) is 5.26 Å². The van der Waals surface area contributed by atoms with Gasteiger partial charge in [-0.2, -0.15) is 5.26 Å². The van der Waals surface area contributed by atoms with Crippen LogP contribution >= 0.6 is 0 Å². The summed E-state index contributed by atoms with van der Waals surface area (Å²) in [6.07, 6.45) is -0.226. The summed E-state index contributed by atoms with van der Waals surface area (Å²) in [4.78, 5) is 32.0. The fourth-order valence-electron chi connectivity index (χ4n) is 3.89. The Morgan fingerprint density at radius 3 is 2.29 bits per heavy atom. The average molecular weight is 414 g/mol. The summed E-state index contributed by atoms with van der Waals surface area (Å²) in [7, 11) is 0. The monoisotopic (exact) mass is 414 g/mol. The van der Waals surface area contributed by atoms with Crippen molar-refractivity contribution in [2.45, 2.75) is 26.1 Å². The molecule has 2 aliphatic rings. The third kappa shape index (κ3) is 4.11. The molecule has 2 aromatic rings. The molecule has 7 heteroatoms.